The molecule has 3 aromatic rings. The van der Waals surface area contributed by atoms with Crippen molar-refractivity contribution < 1.29 is 13.2 Å². The highest BCUT2D eigenvalue weighted by molar-refractivity contribution is 7.89. The van der Waals surface area contributed by atoms with Crippen LogP contribution in [-0.4, -0.2) is 59.6 Å². The van der Waals surface area contributed by atoms with E-state index in [0.29, 0.717) is 37.0 Å². The van der Waals surface area contributed by atoms with E-state index >= 15 is 0 Å². The summed E-state index contributed by atoms with van der Waals surface area (Å²) in [5.41, 5.74) is 3.21. The first-order valence-corrected chi connectivity index (χ1v) is 12.9. The highest BCUT2D eigenvalue weighted by Gasteiger charge is 2.30. The van der Waals surface area contributed by atoms with Crippen molar-refractivity contribution in [3.63, 3.8) is 0 Å². The third-order valence-electron chi connectivity index (χ3n) is 6.05. The number of nitrogens with zero attached hydrogens (tertiary/aromatic N) is 4. The Balaban J connectivity index is 1.29. The maximum absolute atomic E-state index is 13.0. The molecule has 4 rings (SSSR count). The molecular weight excluding hydrogens is 450 g/mol. The van der Waals surface area contributed by atoms with Crippen LogP contribution >= 0.6 is 0 Å². The minimum Gasteiger partial charge on any atom is -0.334 e. The van der Waals surface area contributed by atoms with Gasteiger partial charge in [0.15, 0.2) is 0 Å². The first-order valence-electron chi connectivity index (χ1n) is 11.5. The fraction of sp³-hybridized carbons (Fsp3) is 0.360. The van der Waals surface area contributed by atoms with Gasteiger partial charge in [-0.3, -0.25) is 4.68 Å². The lowest BCUT2D eigenvalue weighted by Gasteiger charge is -2.34. The molecule has 1 saturated heterocycles. The zero-order valence-corrected chi connectivity index (χ0v) is 20.4. The molecule has 1 aliphatic heterocycles. The van der Waals surface area contributed by atoms with Crippen LogP contribution in [0.4, 0.5) is 4.79 Å². The van der Waals surface area contributed by atoms with E-state index in [-0.39, 0.29) is 19.1 Å². The number of carbonyl (C=O) groups excluding carboxylic acids is 1. The van der Waals surface area contributed by atoms with Gasteiger partial charge in [0.2, 0.25) is 10.0 Å². The lowest BCUT2D eigenvalue weighted by molar-refractivity contribution is 0.172. The predicted molar refractivity (Wildman–Crippen MR) is 131 cm³/mol. The minimum atomic E-state index is -3.57. The molecule has 0 spiro atoms. The SMILES string of the molecule is CC(C)c1ccc(S(=O)(=O)N2CCN(C(=O)NCc3cccc(Cn4cccn4)c3)CC2)cc1. The Labute approximate surface area is 201 Å². The van der Waals surface area contributed by atoms with Crippen LogP contribution in [-0.2, 0) is 23.1 Å². The highest BCUT2D eigenvalue weighted by atomic mass is 32.2. The van der Waals surface area contributed by atoms with E-state index in [9.17, 15) is 13.2 Å². The van der Waals surface area contributed by atoms with Gasteiger partial charge in [-0.05, 0) is 40.8 Å². The second-order valence-corrected chi connectivity index (χ2v) is 10.7. The first-order chi connectivity index (χ1) is 16.3. The Morgan fingerprint density at radius 1 is 1.00 bits per heavy atom. The van der Waals surface area contributed by atoms with Crippen molar-refractivity contribution >= 4 is 16.1 Å². The molecule has 0 atom stereocenters. The van der Waals surface area contributed by atoms with Gasteiger partial charge in [0, 0.05) is 45.1 Å². The molecule has 0 radical (unpaired) electrons. The number of piperazine rings is 1. The molecule has 1 N–H and O–H groups in total. The summed E-state index contributed by atoms with van der Waals surface area (Å²) in [5.74, 6) is 0.345. The smallest absolute Gasteiger partial charge is 0.317 e. The number of hydrogen-bond donors (Lipinski definition) is 1. The Kier molecular flexibility index (Phi) is 7.33. The number of urea groups is 1. The van der Waals surface area contributed by atoms with E-state index in [4.69, 9.17) is 0 Å². The van der Waals surface area contributed by atoms with Crippen LogP contribution in [0.25, 0.3) is 0 Å². The van der Waals surface area contributed by atoms with Crippen molar-refractivity contribution in [2.24, 2.45) is 0 Å². The number of hydrogen-bond acceptors (Lipinski definition) is 4. The first kappa shape index (κ1) is 24.0. The van der Waals surface area contributed by atoms with Crippen LogP contribution in [0.2, 0.25) is 0 Å². The summed E-state index contributed by atoms with van der Waals surface area (Å²) >= 11 is 0. The molecule has 180 valence electrons. The lowest BCUT2D eigenvalue weighted by Crippen LogP contribution is -2.52. The largest absolute Gasteiger partial charge is 0.334 e. The molecule has 0 saturated carbocycles. The van der Waals surface area contributed by atoms with Crippen molar-refractivity contribution in [3.8, 4) is 0 Å². The van der Waals surface area contributed by atoms with E-state index in [2.05, 4.69) is 30.3 Å². The predicted octanol–water partition coefficient (Wildman–Crippen LogP) is 3.27. The number of carbonyl (C=O) groups is 1. The zero-order chi connectivity index (χ0) is 24.1. The minimum absolute atomic E-state index is 0.184. The average molecular weight is 482 g/mol. The Morgan fingerprint density at radius 3 is 2.35 bits per heavy atom. The third-order valence-corrected chi connectivity index (χ3v) is 7.96. The van der Waals surface area contributed by atoms with Crippen LogP contribution < -0.4 is 5.32 Å². The van der Waals surface area contributed by atoms with Gasteiger partial charge >= 0.3 is 6.03 Å². The quantitative estimate of drug-likeness (QED) is 0.561. The van der Waals surface area contributed by atoms with Crippen molar-refractivity contribution in [1.29, 1.82) is 0 Å². The average Bonchev–Trinajstić information content (AvgIpc) is 3.36. The topological polar surface area (TPSA) is 87.5 Å². The van der Waals surface area contributed by atoms with Gasteiger partial charge < -0.3 is 10.2 Å². The Hall–Kier alpha value is -3.17. The number of sulfonamides is 1. The molecule has 34 heavy (non-hydrogen) atoms. The van der Waals surface area contributed by atoms with Gasteiger partial charge in [0.05, 0.1) is 11.4 Å². The molecule has 2 amide bonds. The van der Waals surface area contributed by atoms with Crippen molar-refractivity contribution in [2.75, 3.05) is 26.2 Å². The van der Waals surface area contributed by atoms with Crippen molar-refractivity contribution in [3.05, 3.63) is 83.7 Å². The molecular formula is C25H31N5O3S. The molecule has 9 heteroatoms. The van der Waals surface area contributed by atoms with Gasteiger partial charge in [0.1, 0.15) is 0 Å². The van der Waals surface area contributed by atoms with Gasteiger partial charge in [-0.15, -0.1) is 0 Å². The maximum atomic E-state index is 13.0. The summed E-state index contributed by atoms with van der Waals surface area (Å²) in [7, 11) is -3.57. The van der Waals surface area contributed by atoms with Crippen LogP contribution in [0.5, 0.6) is 0 Å². The summed E-state index contributed by atoms with van der Waals surface area (Å²) in [6.45, 7) is 6.50. The van der Waals surface area contributed by atoms with Crippen molar-refractivity contribution in [1.82, 2.24) is 24.3 Å². The zero-order valence-electron chi connectivity index (χ0n) is 19.6. The monoisotopic (exact) mass is 481 g/mol. The number of aromatic nitrogens is 2. The van der Waals surface area contributed by atoms with Gasteiger partial charge in [-0.1, -0.05) is 50.2 Å². The molecule has 0 unspecified atom stereocenters. The summed E-state index contributed by atoms with van der Waals surface area (Å²) in [4.78, 5) is 14.6. The second kappa shape index (κ2) is 10.4. The van der Waals surface area contributed by atoms with E-state index in [1.54, 1.807) is 23.2 Å². The highest BCUT2D eigenvalue weighted by Crippen LogP contribution is 2.21. The Bertz CT molecular complexity index is 1200. The lowest BCUT2D eigenvalue weighted by atomic mass is 10.0. The van der Waals surface area contributed by atoms with E-state index in [1.807, 2.05) is 47.3 Å². The number of benzene rings is 2. The fourth-order valence-electron chi connectivity index (χ4n) is 4.01. The standard InChI is InChI=1S/C25H31N5O3S/c1-20(2)23-7-9-24(10-8-23)34(32,33)30-15-13-28(14-16-30)25(31)26-18-21-5-3-6-22(17-21)19-29-12-4-11-27-29/h3-12,17,20H,13-16,18-19H2,1-2H3,(H,26,31). The number of amides is 2. The fourth-order valence-corrected chi connectivity index (χ4v) is 5.44. The van der Waals surface area contributed by atoms with Gasteiger partial charge in [-0.2, -0.15) is 9.40 Å². The van der Waals surface area contributed by atoms with Crippen molar-refractivity contribution in [2.45, 2.75) is 37.8 Å². The van der Waals surface area contributed by atoms with Gasteiger partial charge in [0.25, 0.3) is 0 Å². The van der Waals surface area contributed by atoms with E-state index in [0.717, 1.165) is 16.7 Å². The van der Waals surface area contributed by atoms with Crippen LogP contribution in [0, 0.1) is 0 Å². The number of nitrogens with one attached hydrogen (secondary N) is 1. The summed E-state index contributed by atoms with van der Waals surface area (Å²) in [6, 6.07) is 16.8. The summed E-state index contributed by atoms with van der Waals surface area (Å²) in [6.07, 6.45) is 3.66. The summed E-state index contributed by atoms with van der Waals surface area (Å²) < 4.78 is 29.3. The molecule has 1 aliphatic rings. The molecule has 1 aromatic heterocycles. The van der Waals surface area contributed by atoms with Crippen LogP contribution in [0.15, 0.2) is 71.9 Å². The molecule has 0 aliphatic carbocycles. The summed E-state index contributed by atoms with van der Waals surface area (Å²) in [5, 5.41) is 7.18. The van der Waals surface area contributed by atoms with Gasteiger partial charge in [-0.25, -0.2) is 13.2 Å². The maximum Gasteiger partial charge on any atom is 0.317 e. The number of rotatable bonds is 7. The normalized spacial score (nSPS) is 15.0. The molecule has 8 nitrogen and oxygen atoms in total. The van der Waals surface area contributed by atoms with E-state index in [1.165, 1.54) is 4.31 Å². The van der Waals surface area contributed by atoms with Crippen LogP contribution in [0.3, 0.4) is 0 Å². The molecule has 2 aromatic carbocycles. The third kappa shape index (κ3) is 5.66. The van der Waals surface area contributed by atoms with Crippen LogP contribution in [0.1, 0.15) is 36.5 Å². The second-order valence-electron chi connectivity index (χ2n) is 8.80. The molecule has 2 heterocycles. The molecule has 0 bridgehead atoms. The van der Waals surface area contributed by atoms with E-state index < -0.39 is 10.0 Å². The Morgan fingerprint density at radius 2 is 1.71 bits per heavy atom. The molecule has 1 fully saturated rings.